The van der Waals surface area contributed by atoms with E-state index in [0.29, 0.717) is 11.4 Å². The van der Waals surface area contributed by atoms with Gasteiger partial charge in [-0.05, 0) is 6.92 Å². The lowest BCUT2D eigenvalue weighted by Gasteiger charge is -2.32. The maximum atomic E-state index is 11.2. The van der Waals surface area contributed by atoms with Crippen molar-refractivity contribution in [3.05, 3.63) is 0 Å². The Morgan fingerprint density at radius 3 is 3.15 bits per heavy atom. The molecule has 0 aromatic carbocycles. The molecule has 0 aromatic rings. The van der Waals surface area contributed by atoms with Crippen LogP contribution in [0.3, 0.4) is 0 Å². The summed E-state index contributed by atoms with van der Waals surface area (Å²) in [5.41, 5.74) is 5.39. The first-order valence-electron chi connectivity index (χ1n) is 4.41. The minimum absolute atomic E-state index is 0.0527. The molecule has 74 valence electrons. The van der Waals surface area contributed by atoms with Crippen LogP contribution in [0.4, 0.5) is 0 Å². The minimum atomic E-state index is -0.0527. The lowest BCUT2D eigenvalue weighted by Crippen LogP contribution is -2.54. The van der Waals surface area contributed by atoms with Crippen molar-refractivity contribution >= 4 is 23.1 Å². The molecule has 1 fully saturated rings. The van der Waals surface area contributed by atoms with Crippen LogP contribution >= 0.6 is 12.2 Å². The summed E-state index contributed by atoms with van der Waals surface area (Å²) in [5, 5.41) is 2.80. The molecule has 0 spiro atoms. The summed E-state index contributed by atoms with van der Waals surface area (Å²) >= 11 is 4.78. The van der Waals surface area contributed by atoms with Gasteiger partial charge in [0.25, 0.3) is 0 Å². The van der Waals surface area contributed by atoms with Gasteiger partial charge in [-0.15, -0.1) is 0 Å². The summed E-state index contributed by atoms with van der Waals surface area (Å²) in [6.45, 7) is 4.29. The molecule has 0 saturated carbocycles. The first-order chi connectivity index (χ1) is 6.11. The van der Waals surface area contributed by atoms with E-state index in [2.05, 4.69) is 10.2 Å². The van der Waals surface area contributed by atoms with Crippen LogP contribution in [0.15, 0.2) is 0 Å². The fourth-order valence-corrected chi connectivity index (χ4v) is 1.48. The third-order valence-corrected chi connectivity index (χ3v) is 2.47. The average molecular weight is 201 g/mol. The second-order valence-corrected chi connectivity index (χ2v) is 3.74. The van der Waals surface area contributed by atoms with E-state index in [4.69, 9.17) is 18.0 Å². The summed E-state index contributed by atoms with van der Waals surface area (Å²) < 4.78 is 0. The SMILES string of the molecule is CC1C(=O)NCCN1CCC(N)=S. The summed E-state index contributed by atoms with van der Waals surface area (Å²) in [4.78, 5) is 13.8. The summed E-state index contributed by atoms with van der Waals surface area (Å²) in [6.07, 6.45) is 0.687. The molecule has 1 amide bonds. The molecule has 5 heteroatoms. The largest absolute Gasteiger partial charge is 0.393 e. The Hall–Kier alpha value is -0.680. The Morgan fingerprint density at radius 2 is 2.54 bits per heavy atom. The predicted octanol–water partition coefficient (Wildman–Crippen LogP) is -0.517. The van der Waals surface area contributed by atoms with Crippen molar-refractivity contribution in [1.29, 1.82) is 0 Å². The number of piperazine rings is 1. The van der Waals surface area contributed by atoms with E-state index >= 15 is 0 Å². The van der Waals surface area contributed by atoms with E-state index in [1.165, 1.54) is 0 Å². The van der Waals surface area contributed by atoms with Gasteiger partial charge in [0.1, 0.15) is 0 Å². The molecular weight excluding hydrogens is 186 g/mol. The molecule has 0 radical (unpaired) electrons. The molecule has 1 unspecified atom stereocenters. The average Bonchev–Trinajstić information content (AvgIpc) is 2.07. The highest BCUT2D eigenvalue weighted by atomic mass is 32.1. The second-order valence-electron chi connectivity index (χ2n) is 3.22. The third kappa shape index (κ3) is 2.93. The Kier molecular flexibility index (Phi) is 3.62. The van der Waals surface area contributed by atoms with E-state index in [-0.39, 0.29) is 11.9 Å². The van der Waals surface area contributed by atoms with Crippen molar-refractivity contribution in [2.24, 2.45) is 5.73 Å². The topological polar surface area (TPSA) is 58.4 Å². The van der Waals surface area contributed by atoms with Gasteiger partial charge in [-0.25, -0.2) is 0 Å². The van der Waals surface area contributed by atoms with Gasteiger partial charge in [-0.3, -0.25) is 9.69 Å². The Labute approximate surface area is 83.5 Å². The molecule has 13 heavy (non-hydrogen) atoms. The van der Waals surface area contributed by atoms with Crippen LogP contribution < -0.4 is 11.1 Å². The number of carbonyl (C=O) groups is 1. The van der Waals surface area contributed by atoms with Crippen molar-refractivity contribution in [2.75, 3.05) is 19.6 Å². The van der Waals surface area contributed by atoms with E-state index in [0.717, 1.165) is 19.6 Å². The molecular formula is C8H15N3OS. The quantitative estimate of drug-likeness (QED) is 0.603. The molecule has 1 saturated heterocycles. The first-order valence-corrected chi connectivity index (χ1v) is 4.82. The fourth-order valence-electron chi connectivity index (χ4n) is 1.39. The van der Waals surface area contributed by atoms with Gasteiger partial charge < -0.3 is 11.1 Å². The lowest BCUT2D eigenvalue weighted by atomic mass is 10.2. The molecule has 1 aliphatic heterocycles. The Bertz CT molecular complexity index is 219. The van der Waals surface area contributed by atoms with E-state index in [1.54, 1.807) is 0 Å². The molecule has 1 rings (SSSR count). The van der Waals surface area contributed by atoms with Crippen LogP contribution in [-0.2, 0) is 4.79 Å². The zero-order valence-electron chi connectivity index (χ0n) is 7.75. The van der Waals surface area contributed by atoms with Crippen molar-refractivity contribution in [3.8, 4) is 0 Å². The normalized spacial score (nSPS) is 24.1. The number of carbonyl (C=O) groups excluding carboxylic acids is 1. The van der Waals surface area contributed by atoms with Gasteiger partial charge in [0, 0.05) is 26.1 Å². The predicted molar refractivity (Wildman–Crippen MR) is 55.4 cm³/mol. The maximum Gasteiger partial charge on any atom is 0.237 e. The van der Waals surface area contributed by atoms with Crippen LogP contribution in [0.1, 0.15) is 13.3 Å². The van der Waals surface area contributed by atoms with Gasteiger partial charge >= 0.3 is 0 Å². The molecule has 4 nitrogen and oxygen atoms in total. The highest BCUT2D eigenvalue weighted by Gasteiger charge is 2.24. The zero-order valence-corrected chi connectivity index (χ0v) is 8.56. The number of thiocarbonyl (C=S) groups is 1. The third-order valence-electron chi connectivity index (χ3n) is 2.27. The number of hydrogen-bond donors (Lipinski definition) is 2. The van der Waals surface area contributed by atoms with Crippen molar-refractivity contribution < 1.29 is 4.79 Å². The highest BCUT2D eigenvalue weighted by Crippen LogP contribution is 2.04. The highest BCUT2D eigenvalue weighted by molar-refractivity contribution is 7.80. The van der Waals surface area contributed by atoms with Gasteiger partial charge in [0.2, 0.25) is 5.91 Å². The minimum Gasteiger partial charge on any atom is -0.393 e. The van der Waals surface area contributed by atoms with Crippen LogP contribution in [0, 0.1) is 0 Å². The number of amides is 1. The summed E-state index contributed by atoms with van der Waals surface area (Å²) in [7, 11) is 0. The zero-order chi connectivity index (χ0) is 9.84. The fraction of sp³-hybridized carbons (Fsp3) is 0.750. The van der Waals surface area contributed by atoms with Gasteiger partial charge in [-0.1, -0.05) is 12.2 Å². The van der Waals surface area contributed by atoms with Crippen molar-refractivity contribution in [1.82, 2.24) is 10.2 Å². The number of hydrogen-bond acceptors (Lipinski definition) is 3. The lowest BCUT2D eigenvalue weighted by molar-refractivity contribution is -0.128. The van der Waals surface area contributed by atoms with Crippen LogP contribution in [0.25, 0.3) is 0 Å². The van der Waals surface area contributed by atoms with Gasteiger partial charge in [0.05, 0.1) is 11.0 Å². The number of nitrogens with zero attached hydrogens (tertiary/aromatic N) is 1. The Balaban J connectivity index is 2.39. The van der Waals surface area contributed by atoms with Gasteiger partial charge in [-0.2, -0.15) is 0 Å². The van der Waals surface area contributed by atoms with E-state index < -0.39 is 0 Å². The van der Waals surface area contributed by atoms with E-state index in [9.17, 15) is 4.79 Å². The molecule has 1 atom stereocenters. The maximum absolute atomic E-state index is 11.2. The van der Waals surface area contributed by atoms with Gasteiger partial charge in [0.15, 0.2) is 0 Å². The second kappa shape index (κ2) is 4.53. The number of rotatable bonds is 3. The molecule has 0 bridgehead atoms. The van der Waals surface area contributed by atoms with E-state index in [1.807, 2.05) is 6.92 Å². The molecule has 1 heterocycles. The van der Waals surface area contributed by atoms with Crippen LogP contribution in [0.2, 0.25) is 0 Å². The Morgan fingerprint density at radius 1 is 1.85 bits per heavy atom. The standard InChI is InChI=1S/C8H15N3OS/c1-6-8(12)10-3-5-11(6)4-2-7(9)13/h6H,2-5H2,1H3,(H2,9,13)(H,10,12). The van der Waals surface area contributed by atoms with Crippen molar-refractivity contribution in [3.63, 3.8) is 0 Å². The van der Waals surface area contributed by atoms with Crippen LogP contribution in [-0.4, -0.2) is 41.5 Å². The molecule has 1 aliphatic rings. The summed E-state index contributed by atoms with van der Waals surface area (Å²) in [5.74, 6) is 0.0918. The van der Waals surface area contributed by atoms with Crippen molar-refractivity contribution in [2.45, 2.75) is 19.4 Å². The monoisotopic (exact) mass is 201 g/mol. The summed E-state index contributed by atoms with van der Waals surface area (Å²) in [6, 6.07) is -0.0527. The smallest absolute Gasteiger partial charge is 0.237 e. The molecule has 0 aliphatic carbocycles. The number of nitrogens with two attached hydrogens (primary N) is 1. The molecule has 0 aromatic heterocycles. The van der Waals surface area contributed by atoms with Crippen LogP contribution in [0.5, 0.6) is 0 Å². The number of nitrogens with one attached hydrogen (secondary N) is 1. The molecule has 3 N–H and O–H groups in total. The first kappa shape index (κ1) is 10.4.